The second kappa shape index (κ2) is 5.79. The summed E-state index contributed by atoms with van der Waals surface area (Å²) in [5.41, 5.74) is 3.76. The Morgan fingerprint density at radius 1 is 1.14 bits per heavy atom. The van der Waals surface area contributed by atoms with Crippen LogP contribution in [0.2, 0.25) is 0 Å². The first-order valence-corrected chi connectivity index (χ1v) is 8.51. The second-order valence-electron chi connectivity index (χ2n) is 5.44. The molecule has 0 saturated carbocycles. The van der Waals surface area contributed by atoms with Gasteiger partial charge < -0.3 is 5.32 Å². The predicted molar refractivity (Wildman–Crippen MR) is 82.1 cm³/mol. The minimum absolute atomic E-state index is 0.108. The van der Waals surface area contributed by atoms with Crippen molar-refractivity contribution >= 4 is 10.0 Å². The SMILES string of the molecule is Cc1cc(F)ccc1S(=O)(=O)NCc1ccc2c(c1)CNC2. The minimum atomic E-state index is -3.65. The zero-order valence-electron chi connectivity index (χ0n) is 12.2. The fourth-order valence-corrected chi connectivity index (χ4v) is 3.87. The molecule has 0 aliphatic carbocycles. The monoisotopic (exact) mass is 320 g/mol. The molecule has 1 aliphatic heterocycles. The van der Waals surface area contributed by atoms with Gasteiger partial charge in [0.1, 0.15) is 5.82 Å². The number of benzene rings is 2. The molecule has 2 aromatic carbocycles. The van der Waals surface area contributed by atoms with E-state index in [1.54, 1.807) is 6.92 Å². The van der Waals surface area contributed by atoms with Gasteiger partial charge in [0, 0.05) is 19.6 Å². The van der Waals surface area contributed by atoms with Crippen molar-refractivity contribution in [1.82, 2.24) is 10.0 Å². The molecule has 4 nitrogen and oxygen atoms in total. The van der Waals surface area contributed by atoms with Crippen LogP contribution < -0.4 is 10.0 Å². The number of nitrogens with one attached hydrogen (secondary N) is 2. The summed E-state index contributed by atoms with van der Waals surface area (Å²) in [6.07, 6.45) is 0. The second-order valence-corrected chi connectivity index (χ2v) is 7.18. The van der Waals surface area contributed by atoms with E-state index in [0.717, 1.165) is 24.7 Å². The molecule has 22 heavy (non-hydrogen) atoms. The summed E-state index contributed by atoms with van der Waals surface area (Å²) >= 11 is 0. The molecule has 0 saturated heterocycles. The number of sulfonamides is 1. The van der Waals surface area contributed by atoms with Crippen LogP contribution in [-0.2, 0) is 29.7 Å². The summed E-state index contributed by atoms with van der Waals surface area (Å²) in [4.78, 5) is 0.108. The van der Waals surface area contributed by atoms with Crippen LogP contribution in [-0.4, -0.2) is 8.42 Å². The average Bonchev–Trinajstić information content (AvgIpc) is 2.92. The van der Waals surface area contributed by atoms with Crippen LogP contribution >= 0.6 is 0 Å². The molecule has 3 rings (SSSR count). The van der Waals surface area contributed by atoms with Crippen molar-refractivity contribution in [1.29, 1.82) is 0 Å². The Kier molecular flexibility index (Phi) is 3.99. The molecule has 0 aromatic heterocycles. The van der Waals surface area contributed by atoms with E-state index in [1.807, 2.05) is 18.2 Å². The van der Waals surface area contributed by atoms with Crippen LogP contribution in [0.1, 0.15) is 22.3 Å². The number of fused-ring (bicyclic) bond motifs is 1. The summed E-state index contributed by atoms with van der Waals surface area (Å²) in [5.74, 6) is -0.442. The molecule has 0 radical (unpaired) electrons. The third kappa shape index (κ3) is 3.04. The lowest BCUT2D eigenvalue weighted by molar-refractivity contribution is 0.579. The van der Waals surface area contributed by atoms with Gasteiger partial charge in [-0.15, -0.1) is 0 Å². The van der Waals surface area contributed by atoms with Gasteiger partial charge in [-0.1, -0.05) is 18.2 Å². The van der Waals surface area contributed by atoms with E-state index in [4.69, 9.17) is 0 Å². The molecule has 0 spiro atoms. The van der Waals surface area contributed by atoms with Crippen molar-refractivity contribution in [2.75, 3.05) is 0 Å². The zero-order valence-corrected chi connectivity index (χ0v) is 13.0. The van der Waals surface area contributed by atoms with Crippen LogP contribution in [0.4, 0.5) is 4.39 Å². The summed E-state index contributed by atoms with van der Waals surface area (Å²) in [6.45, 7) is 3.47. The maximum atomic E-state index is 13.1. The summed E-state index contributed by atoms with van der Waals surface area (Å²) < 4.78 is 40.3. The lowest BCUT2D eigenvalue weighted by Gasteiger charge is -2.10. The van der Waals surface area contributed by atoms with Crippen LogP contribution in [0.3, 0.4) is 0 Å². The third-order valence-electron chi connectivity index (χ3n) is 3.79. The van der Waals surface area contributed by atoms with E-state index in [9.17, 15) is 12.8 Å². The van der Waals surface area contributed by atoms with Gasteiger partial charge in [-0.25, -0.2) is 17.5 Å². The zero-order chi connectivity index (χ0) is 15.7. The highest BCUT2D eigenvalue weighted by Crippen LogP contribution is 2.19. The minimum Gasteiger partial charge on any atom is -0.309 e. The molecule has 0 bridgehead atoms. The molecule has 0 amide bonds. The number of hydrogen-bond acceptors (Lipinski definition) is 3. The van der Waals surface area contributed by atoms with Gasteiger partial charge in [0.25, 0.3) is 0 Å². The average molecular weight is 320 g/mol. The summed E-state index contributed by atoms with van der Waals surface area (Å²) in [7, 11) is -3.65. The predicted octanol–water partition coefficient (Wildman–Crippen LogP) is 2.22. The van der Waals surface area contributed by atoms with Crippen LogP contribution in [0.25, 0.3) is 0 Å². The lowest BCUT2D eigenvalue weighted by Crippen LogP contribution is -2.24. The van der Waals surface area contributed by atoms with E-state index in [2.05, 4.69) is 10.0 Å². The molecular weight excluding hydrogens is 303 g/mol. The molecular formula is C16H17FN2O2S. The highest BCUT2D eigenvalue weighted by Gasteiger charge is 2.17. The molecule has 0 unspecified atom stereocenters. The van der Waals surface area contributed by atoms with E-state index in [1.165, 1.54) is 23.3 Å². The molecule has 116 valence electrons. The Morgan fingerprint density at radius 3 is 2.68 bits per heavy atom. The van der Waals surface area contributed by atoms with E-state index < -0.39 is 15.8 Å². The molecule has 2 aromatic rings. The highest BCUT2D eigenvalue weighted by atomic mass is 32.2. The van der Waals surface area contributed by atoms with E-state index >= 15 is 0 Å². The number of hydrogen-bond donors (Lipinski definition) is 2. The van der Waals surface area contributed by atoms with Crippen molar-refractivity contribution in [2.45, 2.75) is 31.5 Å². The summed E-state index contributed by atoms with van der Waals surface area (Å²) in [6, 6.07) is 9.61. The first-order valence-electron chi connectivity index (χ1n) is 7.03. The van der Waals surface area contributed by atoms with E-state index in [-0.39, 0.29) is 11.4 Å². The third-order valence-corrected chi connectivity index (χ3v) is 5.36. The van der Waals surface area contributed by atoms with Crippen molar-refractivity contribution in [3.63, 3.8) is 0 Å². The van der Waals surface area contributed by atoms with Gasteiger partial charge in [0.05, 0.1) is 4.90 Å². The topological polar surface area (TPSA) is 58.2 Å². The Labute approximate surface area is 129 Å². The van der Waals surface area contributed by atoms with Crippen molar-refractivity contribution < 1.29 is 12.8 Å². The standard InChI is InChI=1S/C16H17FN2O2S/c1-11-6-15(17)4-5-16(11)22(20,21)19-8-12-2-3-13-9-18-10-14(13)7-12/h2-7,18-19H,8-10H2,1H3. The van der Waals surface area contributed by atoms with Crippen LogP contribution in [0.15, 0.2) is 41.3 Å². The number of halogens is 1. The molecule has 0 atom stereocenters. The van der Waals surface area contributed by atoms with Gasteiger partial charge in [-0.3, -0.25) is 0 Å². The van der Waals surface area contributed by atoms with Gasteiger partial charge in [-0.2, -0.15) is 0 Å². The first-order chi connectivity index (χ1) is 10.5. The maximum absolute atomic E-state index is 13.1. The first kappa shape index (κ1) is 15.1. The molecule has 1 heterocycles. The van der Waals surface area contributed by atoms with Crippen LogP contribution in [0, 0.1) is 12.7 Å². The van der Waals surface area contributed by atoms with Crippen LogP contribution in [0.5, 0.6) is 0 Å². The van der Waals surface area contributed by atoms with Gasteiger partial charge in [0.2, 0.25) is 10.0 Å². The number of rotatable bonds is 4. The Morgan fingerprint density at radius 2 is 1.91 bits per heavy atom. The summed E-state index contributed by atoms with van der Waals surface area (Å²) in [5, 5.41) is 3.25. The molecule has 0 fully saturated rings. The fraction of sp³-hybridized carbons (Fsp3) is 0.250. The van der Waals surface area contributed by atoms with Crippen molar-refractivity contribution in [3.8, 4) is 0 Å². The Balaban J connectivity index is 1.77. The fourth-order valence-electron chi connectivity index (χ4n) is 2.63. The van der Waals surface area contributed by atoms with E-state index in [0.29, 0.717) is 5.56 Å². The smallest absolute Gasteiger partial charge is 0.241 e. The Bertz CT molecular complexity index is 819. The number of aryl methyl sites for hydroxylation is 1. The largest absolute Gasteiger partial charge is 0.309 e. The Hall–Kier alpha value is -1.76. The van der Waals surface area contributed by atoms with Gasteiger partial charge >= 0.3 is 0 Å². The van der Waals surface area contributed by atoms with Crippen molar-refractivity contribution in [3.05, 3.63) is 64.5 Å². The molecule has 6 heteroatoms. The maximum Gasteiger partial charge on any atom is 0.241 e. The molecule has 1 aliphatic rings. The van der Waals surface area contributed by atoms with Gasteiger partial charge in [-0.05, 0) is 47.4 Å². The quantitative estimate of drug-likeness (QED) is 0.908. The highest BCUT2D eigenvalue weighted by molar-refractivity contribution is 7.89. The van der Waals surface area contributed by atoms with Crippen molar-refractivity contribution in [2.24, 2.45) is 0 Å². The van der Waals surface area contributed by atoms with Gasteiger partial charge in [0.15, 0.2) is 0 Å². The molecule has 2 N–H and O–H groups in total. The normalized spacial score (nSPS) is 14.1. The lowest BCUT2D eigenvalue weighted by atomic mass is 10.1.